The summed E-state index contributed by atoms with van der Waals surface area (Å²) in [7, 11) is 0. The van der Waals surface area contributed by atoms with E-state index in [9.17, 15) is 0 Å². The first kappa shape index (κ1) is 14.2. The van der Waals surface area contributed by atoms with Gasteiger partial charge in [-0.3, -0.25) is 0 Å². The highest BCUT2D eigenvalue weighted by Gasteiger charge is 2.18. The Balaban J connectivity index is 2.56. The normalized spacial score (nSPS) is 13.7. The highest BCUT2D eigenvalue weighted by molar-refractivity contribution is 5.28. The summed E-state index contributed by atoms with van der Waals surface area (Å²) in [6.45, 7) is 9.88. The van der Waals surface area contributed by atoms with Gasteiger partial charge in [0.1, 0.15) is 0 Å². The van der Waals surface area contributed by atoms with Crippen molar-refractivity contribution in [2.45, 2.75) is 40.2 Å². The molecule has 17 heavy (non-hydrogen) atoms. The van der Waals surface area contributed by atoms with Gasteiger partial charge in [0.25, 0.3) is 0 Å². The minimum atomic E-state index is 0.145. The fourth-order valence-corrected chi connectivity index (χ4v) is 2.00. The average molecular weight is 235 g/mol. The van der Waals surface area contributed by atoms with Gasteiger partial charge < -0.3 is 10.4 Å². The van der Waals surface area contributed by atoms with E-state index in [4.69, 9.17) is 5.11 Å². The molecule has 0 fully saturated rings. The highest BCUT2D eigenvalue weighted by Crippen LogP contribution is 2.22. The summed E-state index contributed by atoms with van der Waals surface area (Å²) in [5.74, 6) is 0. The highest BCUT2D eigenvalue weighted by atomic mass is 16.3. The van der Waals surface area contributed by atoms with Crippen molar-refractivity contribution in [3.8, 4) is 0 Å². The minimum Gasteiger partial charge on any atom is -0.396 e. The molecule has 0 aromatic heterocycles. The zero-order chi connectivity index (χ0) is 12.9. The average Bonchev–Trinajstić information content (AvgIpc) is 2.27. The van der Waals surface area contributed by atoms with Crippen LogP contribution < -0.4 is 5.32 Å². The van der Waals surface area contributed by atoms with Crippen LogP contribution in [-0.2, 0) is 0 Å². The molecule has 1 rings (SSSR count). The minimum absolute atomic E-state index is 0.145. The van der Waals surface area contributed by atoms with Gasteiger partial charge >= 0.3 is 0 Å². The monoisotopic (exact) mass is 235 g/mol. The molecule has 0 amide bonds. The first-order valence-corrected chi connectivity index (χ1v) is 6.36. The van der Waals surface area contributed by atoms with Gasteiger partial charge in [-0.2, -0.15) is 0 Å². The molecule has 1 atom stereocenters. The molecular weight excluding hydrogens is 210 g/mol. The number of nitrogens with one attached hydrogen (secondary N) is 1. The lowest BCUT2D eigenvalue weighted by Gasteiger charge is -2.27. The summed E-state index contributed by atoms with van der Waals surface area (Å²) in [5.41, 5.74) is 2.82. The van der Waals surface area contributed by atoms with Crippen LogP contribution in [-0.4, -0.2) is 18.3 Å². The van der Waals surface area contributed by atoms with Crippen LogP contribution in [0.2, 0.25) is 0 Å². The standard InChI is InChI=1S/C15H25NO/c1-12-7-5-6-8-14(12)13(2)16-11-15(3,4)9-10-17/h5-8,13,16-17H,9-11H2,1-4H3. The number of rotatable bonds is 6. The zero-order valence-electron chi connectivity index (χ0n) is 11.5. The van der Waals surface area contributed by atoms with Gasteiger partial charge in [-0.05, 0) is 36.8 Å². The van der Waals surface area contributed by atoms with E-state index >= 15 is 0 Å². The molecule has 0 radical (unpaired) electrons. The molecule has 0 saturated carbocycles. The Labute approximate surface area is 105 Å². The van der Waals surface area contributed by atoms with Crippen molar-refractivity contribution in [3.05, 3.63) is 35.4 Å². The molecular formula is C15H25NO. The summed E-state index contributed by atoms with van der Waals surface area (Å²) in [4.78, 5) is 0. The molecule has 2 nitrogen and oxygen atoms in total. The van der Waals surface area contributed by atoms with Crippen LogP contribution in [0.15, 0.2) is 24.3 Å². The molecule has 1 aromatic rings. The van der Waals surface area contributed by atoms with Crippen molar-refractivity contribution in [2.24, 2.45) is 5.41 Å². The van der Waals surface area contributed by atoms with Gasteiger partial charge in [0.2, 0.25) is 0 Å². The van der Waals surface area contributed by atoms with Crippen molar-refractivity contribution in [3.63, 3.8) is 0 Å². The smallest absolute Gasteiger partial charge is 0.0436 e. The zero-order valence-corrected chi connectivity index (χ0v) is 11.5. The summed E-state index contributed by atoms with van der Waals surface area (Å²) in [6.07, 6.45) is 0.834. The van der Waals surface area contributed by atoms with Crippen molar-refractivity contribution in [2.75, 3.05) is 13.2 Å². The maximum atomic E-state index is 9.00. The number of hydrogen-bond donors (Lipinski definition) is 2. The Morgan fingerprint density at radius 1 is 1.29 bits per heavy atom. The fourth-order valence-electron chi connectivity index (χ4n) is 2.00. The third-order valence-corrected chi connectivity index (χ3v) is 3.33. The quantitative estimate of drug-likeness (QED) is 0.794. The lowest BCUT2D eigenvalue weighted by molar-refractivity contribution is 0.203. The number of hydrogen-bond acceptors (Lipinski definition) is 2. The van der Waals surface area contributed by atoms with Crippen LogP contribution in [0.1, 0.15) is 44.4 Å². The maximum absolute atomic E-state index is 9.00. The third kappa shape index (κ3) is 4.49. The maximum Gasteiger partial charge on any atom is 0.0436 e. The molecule has 0 spiro atoms. The predicted molar refractivity (Wildman–Crippen MR) is 73.1 cm³/mol. The molecule has 2 heteroatoms. The van der Waals surface area contributed by atoms with Gasteiger partial charge in [0.15, 0.2) is 0 Å². The second-order valence-corrected chi connectivity index (χ2v) is 5.60. The Morgan fingerprint density at radius 2 is 1.94 bits per heavy atom. The van der Waals surface area contributed by atoms with Gasteiger partial charge in [-0.25, -0.2) is 0 Å². The topological polar surface area (TPSA) is 32.3 Å². The largest absolute Gasteiger partial charge is 0.396 e. The predicted octanol–water partition coefficient (Wildman–Crippen LogP) is 3.05. The van der Waals surface area contributed by atoms with Crippen molar-refractivity contribution < 1.29 is 5.11 Å². The lowest BCUT2D eigenvalue weighted by atomic mass is 9.89. The van der Waals surface area contributed by atoms with Gasteiger partial charge in [0.05, 0.1) is 0 Å². The molecule has 2 N–H and O–H groups in total. The summed E-state index contributed by atoms with van der Waals surface area (Å²) in [6, 6.07) is 8.83. The van der Waals surface area contributed by atoms with E-state index in [1.54, 1.807) is 0 Å². The number of aryl methyl sites for hydroxylation is 1. The Kier molecular flexibility index (Phi) is 5.16. The lowest BCUT2D eigenvalue weighted by Crippen LogP contribution is -2.32. The number of aliphatic hydroxyl groups is 1. The van der Waals surface area contributed by atoms with Gasteiger partial charge in [-0.15, -0.1) is 0 Å². The molecule has 1 unspecified atom stereocenters. The van der Waals surface area contributed by atoms with E-state index in [0.717, 1.165) is 13.0 Å². The molecule has 0 bridgehead atoms. The fraction of sp³-hybridized carbons (Fsp3) is 0.600. The van der Waals surface area contributed by atoms with Crippen LogP contribution in [0.25, 0.3) is 0 Å². The van der Waals surface area contributed by atoms with E-state index in [1.807, 2.05) is 0 Å². The van der Waals surface area contributed by atoms with Crippen molar-refractivity contribution in [1.29, 1.82) is 0 Å². The number of aliphatic hydroxyl groups excluding tert-OH is 1. The summed E-state index contributed by atoms with van der Waals surface area (Å²) < 4.78 is 0. The van der Waals surface area contributed by atoms with Gasteiger partial charge in [-0.1, -0.05) is 38.1 Å². The third-order valence-electron chi connectivity index (χ3n) is 3.33. The first-order chi connectivity index (χ1) is 7.96. The van der Waals surface area contributed by atoms with Crippen molar-refractivity contribution >= 4 is 0 Å². The molecule has 96 valence electrons. The first-order valence-electron chi connectivity index (χ1n) is 6.36. The molecule has 0 saturated heterocycles. The van der Waals surface area contributed by atoms with E-state index in [2.05, 4.69) is 57.3 Å². The number of benzene rings is 1. The Morgan fingerprint density at radius 3 is 2.53 bits per heavy atom. The molecule has 0 aliphatic carbocycles. The van der Waals surface area contributed by atoms with Gasteiger partial charge in [0, 0.05) is 19.2 Å². The SMILES string of the molecule is Cc1ccccc1C(C)NCC(C)(C)CCO. The molecule has 0 aliphatic rings. The Hall–Kier alpha value is -0.860. The van der Waals surface area contributed by atoms with Crippen LogP contribution in [0.4, 0.5) is 0 Å². The molecule has 0 heterocycles. The molecule has 1 aromatic carbocycles. The van der Waals surface area contributed by atoms with Crippen LogP contribution in [0.5, 0.6) is 0 Å². The van der Waals surface area contributed by atoms with E-state index in [-0.39, 0.29) is 12.0 Å². The van der Waals surface area contributed by atoms with E-state index < -0.39 is 0 Å². The van der Waals surface area contributed by atoms with E-state index in [1.165, 1.54) is 11.1 Å². The van der Waals surface area contributed by atoms with Crippen LogP contribution >= 0.6 is 0 Å². The van der Waals surface area contributed by atoms with Crippen LogP contribution in [0, 0.1) is 12.3 Å². The second-order valence-electron chi connectivity index (χ2n) is 5.60. The summed E-state index contributed by atoms with van der Waals surface area (Å²) in [5, 5.41) is 12.6. The Bertz CT molecular complexity index is 347. The van der Waals surface area contributed by atoms with Crippen LogP contribution in [0.3, 0.4) is 0 Å². The molecule has 0 aliphatic heterocycles. The van der Waals surface area contributed by atoms with Crippen molar-refractivity contribution in [1.82, 2.24) is 5.32 Å². The second kappa shape index (κ2) is 6.18. The van der Waals surface area contributed by atoms with E-state index in [0.29, 0.717) is 6.04 Å². The summed E-state index contributed by atoms with van der Waals surface area (Å²) >= 11 is 0.